The maximum atomic E-state index is 13.2. The van der Waals surface area contributed by atoms with E-state index in [9.17, 15) is 9.18 Å². The van der Waals surface area contributed by atoms with E-state index in [1.165, 1.54) is 12.1 Å². The van der Waals surface area contributed by atoms with Crippen molar-refractivity contribution in [1.29, 1.82) is 0 Å². The summed E-state index contributed by atoms with van der Waals surface area (Å²) in [6.07, 6.45) is 0. The van der Waals surface area contributed by atoms with Crippen molar-refractivity contribution in [3.05, 3.63) is 64.4 Å². The van der Waals surface area contributed by atoms with E-state index < -0.39 is 5.82 Å². The molecule has 17 heavy (non-hydrogen) atoms. The molecule has 0 saturated carbocycles. The van der Waals surface area contributed by atoms with Gasteiger partial charge in [-0.15, -0.1) is 0 Å². The smallest absolute Gasteiger partial charge is 0.193 e. The first-order chi connectivity index (χ1) is 8.08. The second-order valence-corrected chi connectivity index (χ2v) is 3.99. The molecule has 0 radical (unpaired) electrons. The van der Waals surface area contributed by atoms with Crippen LogP contribution in [0.4, 0.5) is 10.1 Å². The van der Waals surface area contributed by atoms with Crippen LogP contribution in [0, 0.1) is 5.82 Å². The highest BCUT2D eigenvalue weighted by Crippen LogP contribution is 2.18. The highest BCUT2D eigenvalue weighted by atomic mass is 35.5. The Hall–Kier alpha value is -1.87. The number of rotatable bonds is 2. The first kappa shape index (κ1) is 11.6. The molecule has 0 aliphatic carbocycles. The monoisotopic (exact) mass is 249 g/mol. The molecule has 2 nitrogen and oxygen atoms in total. The van der Waals surface area contributed by atoms with Crippen molar-refractivity contribution in [1.82, 2.24) is 0 Å². The molecular weight excluding hydrogens is 241 g/mol. The van der Waals surface area contributed by atoms with Crippen molar-refractivity contribution >= 4 is 23.1 Å². The highest BCUT2D eigenvalue weighted by molar-refractivity contribution is 6.30. The zero-order valence-corrected chi connectivity index (χ0v) is 9.54. The Balaban J connectivity index is 2.37. The van der Waals surface area contributed by atoms with Crippen molar-refractivity contribution in [3.63, 3.8) is 0 Å². The summed E-state index contributed by atoms with van der Waals surface area (Å²) >= 11 is 5.55. The summed E-state index contributed by atoms with van der Waals surface area (Å²) in [5.74, 6) is -0.867. The summed E-state index contributed by atoms with van der Waals surface area (Å²) < 4.78 is 13.2. The summed E-state index contributed by atoms with van der Waals surface area (Å²) in [6, 6.07) is 10.4. The third-order valence-corrected chi connectivity index (χ3v) is 2.66. The Morgan fingerprint density at radius 2 is 1.65 bits per heavy atom. The Morgan fingerprint density at radius 3 is 2.24 bits per heavy atom. The van der Waals surface area contributed by atoms with Crippen LogP contribution in [0.15, 0.2) is 42.5 Å². The number of benzene rings is 2. The van der Waals surface area contributed by atoms with Gasteiger partial charge in [-0.05, 0) is 42.5 Å². The Bertz CT molecular complexity index is 566. The Morgan fingerprint density at radius 1 is 1.06 bits per heavy atom. The quantitative estimate of drug-likeness (QED) is 0.656. The van der Waals surface area contributed by atoms with Crippen LogP contribution < -0.4 is 5.73 Å². The van der Waals surface area contributed by atoms with Crippen LogP contribution in [0.5, 0.6) is 0 Å². The second-order valence-electron chi connectivity index (χ2n) is 3.58. The highest BCUT2D eigenvalue weighted by Gasteiger charge is 2.10. The van der Waals surface area contributed by atoms with Crippen LogP contribution in [0.2, 0.25) is 5.02 Å². The molecule has 2 rings (SSSR count). The molecule has 4 heteroatoms. The molecule has 2 N–H and O–H groups in total. The normalized spacial score (nSPS) is 10.2. The number of nitrogen functional groups attached to an aromatic ring is 1. The number of anilines is 1. The largest absolute Gasteiger partial charge is 0.399 e. The van der Waals surface area contributed by atoms with E-state index in [-0.39, 0.29) is 16.4 Å². The SMILES string of the molecule is Nc1ccc(C(=O)c2ccc(Cl)c(F)c2)cc1. The molecule has 2 aromatic rings. The fourth-order valence-corrected chi connectivity index (χ4v) is 1.56. The van der Waals surface area contributed by atoms with Gasteiger partial charge in [-0.2, -0.15) is 0 Å². The molecule has 0 spiro atoms. The van der Waals surface area contributed by atoms with Gasteiger partial charge in [0.05, 0.1) is 5.02 Å². The lowest BCUT2D eigenvalue weighted by Crippen LogP contribution is -2.02. The number of ketones is 1. The van der Waals surface area contributed by atoms with Gasteiger partial charge < -0.3 is 5.73 Å². The maximum absolute atomic E-state index is 13.2. The predicted molar refractivity (Wildman–Crippen MR) is 65.7 cm³/mol. The van der Waals surface area contributed by atoms with Crippen LogP contribution in [-0.4, -0.2) is 5.78 Å². The van der Waals surface area contributed by atoms with Gasteiger partial charge in [0.25, 0.3) is 0 Å². The van der Waals surface area contributed by atoms with Gasteiger partial charge in [-0.25, -0.2) is 4.39 Å². The second kappa shape index (κ2) is 4.55. The average Bonchev–Trinajstić information content (AvgIpc) is 2.33. The van der Waals surface area contributed by atoms with E-state index in [2.05, 4.69) is 0 Å². The van der Waals surface area contributed by atoms with E-state index in [0.717, 1.165) is 6.07 Å². The molecule has 0 amide bonds. The van der Waals surface area contributed by atoms with Crippen LogP contribution in [0.25, 0.3) is 0 Å². The average molecular weight is 250 g/mol. The van der Waals surface area contributed by atoms with Gasteiger partial charge in [0.2, 0.25) is 0 Å². The van der Waals surface area contributed by atoms with Gasteiger partial charge in [0.15, 0.2) is 5.78 Å². The van der Waals surface area contributed by atoms with Crippen LogP contribution in [-0.2, 0) is 0 Å². The maximum Gasteiger partial charge on any atom is 0.193 e. The lowest BCUT2D eigenvalue weighted by Gasteiger charge is -2.02. The van der Waals surface area contributed by atoms with Gasteiger partial charge in [0.1, 0.15) is 5.82 Å². The molecule has 0 atom stereocenters. The van der Waals surface area contributed by atoms with E-state index in [1.54, 1.807) is 24.3 Å². The fraction of sp³-hybridized carbons (Fsp3) is 0. The number of carbonyl (C=O) groups excluding carboxylic acids is 1. The standard InChI is InChI=1S/C13H9ClFNO/c14-11-6-3-9(7-12(11)15)13(17)8-1-4-10(16)5-2-8/h1-7H,16H2. The van der Waals surface area contributed by atoms with Crippen molar-refractivity contribution in [2.75, 3.05) is 5.73 Å². The topological polar surface area (TPSA) is 43.1 Å². The minimum absolute atomic E-state index is 0.00106. The predicted octanol–water partition coefficient (Wildman–Crippen LogP) is 3.29. The molecule has 0 saturated heterocycles. The van der Waals surface area contributed by atoms with Gasteiger partial charge in [-0.3, -0.25) is 4.79 Å². The van der Waals surface area contributed by atoms with Gasteiger partial charge >= 0.3 is 0 Å². The van der Waals surface area contributed by atoms with E-state index >= 15 is 0 Å². The molecule has 0 bridgehead atoms. The molecular formula is C13H9ClFNO. The van der Waals surface area contributed by atoms with Gasteiger partial charge in [0, 0.05) is 16.8 Å². The third kappa shape index (κ3) is 2.45. The zero-order valence-electron chi connectivity index (χ0n) is 8.78. The molecule has 0 fully saturated rings. The van der Waals surface area contributed by atoms with Crippen molar-refractivity contribution in [2.24, 2.45) is 0 Å². The molecule has 0 unspecified atom stereocenters. The Labute approximate surface area is 103 Å². The first-order valence-electron chi connectivity index (χ1n) is 4.93. The first-order valence-corrected chi connectivity index (χ1v) is 5.31. The molecule has 0 aliphatic rings. The van der Waals surface area contributed by atoms with Crippen molar-refractivity contribution < 1.29 is 9.18 Å². The van der Waals surface area contributed by atoms with Gasteiger partial charge in [-0.1, -0.05) is 11.6 Å². The molecule has 2 aromatic carbocycles. The summed E-state index contributed by atoms with van der Waals surface area (Å²) in [7, 11) is 0. The van der Waals surface area contributed by atoms with E-state index in [0.29, 0.717) is 11.3 Å². The summed E-state index contributed by atoms with van der Waals surface area (Å²) in [5, 5.41) is -0.00106. The molecule has 0 aromatic heterocycles. The number of nitrogens with two attached hydrogens (primary N) is 1. The third-order valence-electron chi connectivity index (χ3n) is 2.35. The van der Waals surface area contributed by atoms with Crippen LogP contribution >= 0.6 is 11.6 Å². The minimum atomic E-state index is -0.604. The number of halogens is 2. The number of hydrogen-bond donors (Lipinski definition) is 1. The molecule has 86 valence electrons. The zero-order chi connectivity index (χ0) is 12.4. The number of carbonyl (C=O) groups is 1. The fourth-order valence-electron chi connectivity index (χ4n) is 1.44. The summed E-state index contributed by atoms with van der Waals surface area (Å²) in [6.45, 7) is 0. The Kier molecular flexibility index (Phi) is 3.11. The molecule has 0 aliphatic heterocycles. The summed E-state index contributed by atoms with van der Waals surface area (Å²) in [4.78, 5) is 12.0. The minimum Gasteiger partial charge on any atom is -0.399 e. The lowest BCUT2D eigenvalue weighted by molar-refractivity contribution is 0.103. The van der Waals surface area contributed by atoms with E-state index in [4.69, 9.17) is 17.3 Å². The van der Waals surface area contributed by atoms with Crippen LogP contribution in [0.1, 0.15) is 15.9 Å². The molecule has 0 heterocycles. The van der Waals surface area contributed by atoms with Crippen molar-refractivity contribution in [3.8, 4) is 0 Å². The number of hydrogen-bond acceptors (Lipinski definition) is 2. The van der Waals surface area contributed by atoms with Crippen LogP contribution in [0.3, 0.4) is 0 Å². The summed E-state index contributed by atoms with van der Waals surface area (Å²) in [5.41, 5.74) is 6.81. The van der Waals surface area contributed by atoms with E-state index in [1.807, 2.05) is 0 Å². The lowest BCUT2D eigenvalue weighted by atomic mass is 10.0. The van der Waals surface area contributed by atoms with Crippen molar-refractivity contribution in [2.45, 2.75) is 0 Å².